The number of nitrogens with zero attached hydrogens (tertiary/aromatic N) is 3. The van der Waals surface area contributed by atoms with Crippen LogP contribution in [-0.4, -0.2) is 34.1 Å². The third-order valence-electron chi connectivity index (χ3n) is 5.92. The second kappa shape index (κ2) is 7.43. The molecule has 0 bridgehead atoms. The van der Waals surface area contributed by atoms with Gasteiger partial charge in [-0.25, -0.2) is 10.0 Å². The van der Waals surface area contributed by atoms with Crippen molar-refractivity contribution in [3.05, 3.63) is 29.8 Å². The molecule has 3 aliphatic rings. The Labute approximate surface area is 159 Å². The fourth-order valence-electron chi connectivity index (χ4n) is 4.14. The molecule has 0 saturated heterocycles. The number of nitrogens with one attached hydrogen (secondary N) is 1. The number of rotatable bonds is 3. The highest BCUT2D eigenvalue weighted by Gasteiger charge is 2.33. The Morgan fingerprint density at radius 1 is 1.31 bits per heavy atom. The van der Waals surface area contributed by atoms with Crippen molar-refractivity contribution in [2.75, 3.05) is 5.75 Å². The summed E-state index contributed by atoms with van der Waals surface area (Å²) >= 11 is 1.49. The minimum Gasteiger partial charge on any atom is -0.352 e. The zero-order valence-electron chi connectivity index (χ0n) is 15.4. The van der Waals surface area contributed by atoms with Crippen molar-refractivity contribution in [1.82, 2.24) is 10.3 Å². The van der Waals surface area contributed by atoms with Gasteiger partial charge in [-0.3, -0.25) is 4.79 Å². The van der Waals surface area contributed by atoms with Crippen LogP contribution in [0.4, 0.5) is 5.69 Å². The van der Waals surface area contributed by atoms with Crippen molar-refractivity contribution < 1.29 is 4.79 Å². The molecular weight excluding hydrogens is 344 g/mol. The maximum atomic E-state index is 12.5. The minimum atomic E-state index is 0.0993. The highest BCUT2D eigenvalue weighted by molar-refractivity contribution is 8.14. The first-order valence-electron chi connectivity index (χ1n) is 9.55. The van der Waals surface area contributed by atoms with Crippen LogP contribution >= 0.6 is 11.8 Å². The number of hydrazone groups is 1. The van der Waals surface area contributed by atoms with Gasteiger partial charge >= 0.3 is 0 Å². The molecule has 138 valence electrons. The molecule has 5 nitrogen and oxygen atoms in total. The molecule has 1 saturated carbocycles. The van der Waals surface area contributed by atoms with Gasteiger partial charge in [0.1, 0.15) is 0 Å². The highest BCUT2D eigenvalue weighted by Crippen LogP contribution is 2.40. The van der Waals surface area contributed by atoms with E-state index >= 15 is 0 Å². The van der Waals surface area contributed by atoms with Crippen molar-refractivity contribution in [1.29, 1.82) is 0 Å². The Hall–Kier alpha value is -1.82. The molecule has 1 fully saturated rings. The third-order valence-corrected chi connectivity index (χ3v) is 6.87. The molecule has 1 amide bonds. The molecule has 0 unspecified atom stereocenters. The molecule has 4 atom stereocenters. The first-order valence-corrected chi connectivity index (χ1v) is 10.5. The molecule has 1 aromatic rings. The number of amidine groups is 1. The summed E-state index contributed by atoms with van der Waals surface area (Å²) in [5.41, 5.74) is 2.21. The van der Waals surface area contributed by atoms with E-state index in [0.29, 0.717) is 23.6 Å². The van der Waals surface area contributed by atoms with E-state index in [1.54, 1.807) is 0 Å². The Morgan fingerprint density at radius 3 is 3.04 bits per heavy atom. The number of hydrogen-bond donors (Lipinski definition) is 1. The second-order valence-electron chi connectivity index (χ2n) is 7.58. The molecule has 0 radical (unpaired) electrons. The number of para-hydroxylation sites is 1. The first kappa shape index (κ1) is 17.6. The fraction of sp³-hybridized carbons (Fsp3) is 0.550. The second-order valence-corrected chi connectivity index (χ2v) is 8.52. The van der Waals surface area contributed by atoms with E-state index < -0.39 is 0 Å². The van der Waals surface area contributed by atoms with Crippen molar-refractivity contribution in [2.45, 2.75) is 51.6 Å². The predicted molar refractivity (Wildman–Crippen MR) is 108 cm³/mol. The van der Waals surface area contributed by atoms with Gasteiger partial charge in [0.15, 0.2) is 5.17 Å². The maximum Gasteiger partial charge on any atom is 0.230 e. The minimum absolute atomic E-state index is 0.0993. The van der Waals surface area contributed by atoms with E-state index in [4.69, 9.17) is 4.99 Å². The quantitative estimate of drug-likeness (QED) is 0.872. The molecule has 6 heteroatoms. The number of aliphatic imine (C=N–C) groups is 1. The van der Waals surface area contributed by atoms with Crippen LogP contribution in [0, 0.1) is 11.8 Å². The van der Waals surface area contributed by atoms with Gasteiger partial charge in [0, 0.05) is 24.2 Å². The molecule has 4 rings (SSSR count). The highest BCUT2D eigenvalue weighted by atomic mass is 32.2. The summed E-state index contributed by atoms with van der Waals surface area (Å²) in [7, 11) is 0. The number of fused-ring (bicyclic) bond motifs is 3. The van der Waals surface area contributed by atoms with Crippen molar-refractivity contribution in [2.24, 2.45) is 21.9 Å². The van der Waals surface area contributed by atoms with E-state index in [9.17, 15) is 4.79 Å². The Balaban J connectivity index is 1.40. The normalized spacial score (nSPS) is 29.8. The first-order chi connectivity index (χ1) is 12.6. The lowest BCUT2D eigenvalue weighted by Crippen LogP contribution is -2.44. The van der Waals surface area contributed by atoms with Gasteiger partial charge in [-0.05, 0) is 24.3 Å². The van der Waals surface area contributed by atoms with Crippen molar-refractivity contribution in [3.8, 4) is 0 Å². The molecule has 0 spiro atoms. The summed E-state index contributed by atoms with van der Waals surface area (Å²) in [6, 6.07) is 8.73. The summed E-state index contributed by atoms with van der Waals surface area (Å²) in [4.78, 5) is 17.2. The zero-order chi connectivity index (χ0) is 18.1. The topological polar surface area (TPSA) is 57.1 Å². The zero-order valence-corrected chi connectivity index (χ0v) is 16.2. The molecule has 2 heterocycles. The number of amides is 1. The monoisotopic (exact) mass is 370 g/mol. The van der Waals surface area contributed by atoms with Crippen LogP contribution in [0.3, 0.4) is 0 Å². The summed E-state index contributed by atoms with van der Waals surface area (Å²) in [6.07, 6.45) is 6.40. The van der Waals surface area contributed by atoms with E-state index in [2.05, 4.69) is 30.3 Å². The van der Waals surface area contributed by atoms with Crippen LogP contribution < -0.4 is 5.32 Å². The summed E-state index contributed by atoms with van der Waals surface area (Å²) in [5, 5.41) is 10.5. The third kappa shape index (κ3) is 3.39. The van der Waals surface area contributed by atoms with Gasteiger partial charge in [0.2, 0.25) is 5.91 Å². The lowest BCUT2D eigenvalue weighted by Gasteiger charge is -2.34. The summed E-state index contributed by atoms with van der Waals surface area (Å²) in [5.74, 6) is 1.71. The number of hydrogen-bond acceptors (Lipinski definition) is 5. The summed E-state index contributed by atoms with van der Waals surface area (Å²) < 4.78 is 0. The van der Waals surface area contributed by atoms with Crippen LogP contribution in [0.5, 0.6) is 0 Å². The maximum absolute atomic E-state index is 12.5. The molecule has 0 aromatic heterocycles. The van der Waals surface area contributed by atoms with E-state index in [0.717, 1.165) is 23.7 Å². The van der Waals surface area contributed by atoms with Gasteiger partial charge in [-0.1, -0.05) is 56.7 Å². The van der Waals surface area contributed by atoms with Gasteiger partial charge < -0.3 is 5.32 Å². The van der Waals surface area contributed by atoms with E-state index in [1.807, 2.05) is 29.4 Å². The Kier molecular flexibility index (Phi) is 5.02. The smallest absolute Gasteiger partial charge is 0.230 e. The Bertz CT molecular complexity index is 747. The predicted octanol–water partition coefficient (Wildman–Crippen LogP) is 4.09. The van der Waals surface area contributed by atoms with Crippen LogP contribution in [0.2, 0.25) is 0 Å². The van der Waals surface area contributed by atoms with Gasteiger partial charge in [-0.2, -0.15) is 5.10 Å². The van der Waals surface area contributed by atoms with Crippen LogP contribution in [0.25, 0.3) is 0 Å². The molecule has 2 aliphatic heterocycles. The average molecular weight is 371 g/mol. The summed E-state index contributed by atoms with van der Waals surface area (Å²) in [6.45, 7) is 4.55. The van der Waals surface area contributed by atoms with Crippen molar-refractivity contribution >= 4 is 34.7 Å². The lowest BCUT2D eigenvalue weighted by molar-refractivity contribution is -0.119. The standard InChI is InChI=1S/C20H26N4OS/c1-13-6-5-9-16(14(13)2)22-19(25)12-26-20-23-17-8-4-3-7-15(17)18-10-11-21-24(18)20/h3-4,7-8,11,13-14,16,18H,5-6,9-10,12H2,1-2H3,(H,22,25)/t13-,14+,16-,18+/m0/s1. The van der Waals surface area contributed by atoms with Gasteiger partial charge in [0.05, 0.1) is 17.5 Å². The van der Waals surface area contributed by atoms with Gasteiger partial charge in [0.25, 0.3) is 0 Å². The largest absolute Gasteiger partial charge is 0.352 e. The number of benzene rings is 1. The number of carbonyl (C=O) groups is 1. The van der Waals surface area contributed by atoms with E-state index in [-0.39, 0.29) is 11.9 Å². The number of thioether (sulfide) groups is 1. The van der Waals surface area contributed by atoms with Gasteiger partial charge in [-0.15, -0.1) is 0 Å². The van der Waals surface area contributed by atoms with Crippen LogP contribution in [0.15, 0.2) is 34.4 Å². The Morgan fingerprint density at radius 2 is 2.15 bits per heavy atom. The fourth-order valence-corrected chi connectivity index (χ4v) is 4.96. The molecule has 26 heavy (non-hydrogen) atoms. The van der Waals surface area contributed by atoms with E-state index in [1.165, 1.54) is 30.2 Å². The van der Waals surface area contributed by atoms with Crippen LogP contribution in [-0.2, 0) is 4.79 Å². The molecular formula is C20H26N4OS. The molecule has 1 aliphatic carbocycles. The average Bonchev–Trinajstić information content (AvgIpc) is 3.14. The van der Waals surface area contributed by atoms with Crippen molar-refractivity contribution in [3.63, 3.8) is 0 Å². The number of carbonyl (C=O) groups excluding carboxylic acids is 1. The lowest BCUT2D eigenvalue weighted by atomic mass is 9.78. The van der Waals surface area contributed by atoms with Crippen LogP contribution in [0.1, 0.15) is 51.1 Å². The molecule has 1 N–H and O–H groups in total. The SMILES string of the molecule is C[C@H]1[C@@H](NC(=O)CSC2=Nc3ccccc3[C@H]3CC=NN23)CCC[C@@H]1C. The molecule has 1 aromatic carbocycles.